The molecule has 0 atom stereocenters. The largest absolute Gasteiger partial charge is 0.380 e. The summed E-state index contributed by atoms with van der Waals surface area (Å²) in [5.74, 6) is 0. The molecule has 2 rings (SSSR count). The predicted molar refractivity (Wildman–Crippen MR) is 59.0 cm³/mol. The predicted octanol–water partition coefficient (Wildman–Crippen LogP) is 2.95. The van der Waals surface area contributed by atoms with E-state index >= 15 is 0 Å². The molecule has 0 aromatic heterocycles. The summed E-state index contributed by atoms with van der Waals surface area (Å²) in [6.45, 7) is 2.15. The van der Waals surface area contributed by atoms with Crippen LogP contribution >= 0.6 is 0 Å². The maximum absolute atomic E-state index is 10.6. The van der Waals surface area contributed by atoms with Gasteiger partial charge in [0.15, 0.2) is 0 Å². The van der Waals surface area contributed by atoms with E-state index in [4.69, 9.17) is 0 Å². The lowest BCUT2D eigenvalue weighted by molar-refractivity contribution is -0.384. The van der Waals surface area contributed by atoms with Crippen molar-refractivity contribution in [1.82, 2.24) is 0 Å². The quantitative estimate of drug-likeness (QED) is 0.611. The molecule has 0 bridgehead atoms. The number of hydrogen-bond donors (Lipinski definition) is 1. The van der Waals surface area contributed by atoms with Crippen molar-refractivity contribution in [3.8, 4) is 0 Å². The Morgan fingerprint density at radius 3 is 2.73 bits per heavy atom. The first kappa shape index (κ1) is 9.96. The molecule has 1 aliphatic rings. The molecule has 1 N–H and O–H groups in total. The van der Waals surface area contributed by atoms with Gasteiger partial charge in [0.1, 0.15) is 0 Å². The van der Waals surface area contributed by atoms with Crippen molar-refractivity contribution in [2.45, 2.75) is 31.7 Å². The van der Waals surface area contributed by atoms with E-state index in [0.717, 1.165) is 18.5 Å². The van der Waals surface area contributed by atoms with Gasteiger partial charge in [0.25, 0.3) is 5.69 Å². The first-order valence-corrected chi connectivity index (χ1v) is 5.12. The Labute approximate surface area is 88.5 Å². The van der Waals surface area contributed by atoms with Gasteiger partial charge in [-0.15, -0.1) is 0 Å². The minimum Gasteiger partial charge on any atom is -0.380 e. The van der Waals surface area contributed by atoms with Crippen molar-refractivity contribution in [2.24, 2.45) is 0 Å². The first-order valence-electron chi connectivity index (χ1n) is 5.12. The maximum Gasteiger partial charge on any atom is 0.271 e. The number of rotatable bonds is 3. The molecule has 80 valence electrons. The standard InChI is InChI=1S/C11H14N2O2/c1-11(6-3-7-11)12-9-4-2-5-10(8-9)13(14)15/h2,4-5,8,12H,3,6-7H2,1H3. The van der Waals surface area contributed by atoms with E-state index in [2.05, 4.69) is 12.2 Å². The summed E-state index contributed by atoms with van der Waals surface area (Å²) in [5.41, 5.74) is 1.12. The van der Waals surface area contributed by atoms with Crippen molar-refractivity contribution in [3.63, 3.8) is 0 Å². The third-order valence-corrected chi connectivity index (χ3v) is 2.96. The molecule has 0 heterocycles. The van der Waals surface area contributed by atoms with Crippen molar-refractivity contribution in [2.75, 3.05) is 5.32 Å². The highest BCUT2D eigenvalue weighted by atomic mass is 16.6. The van der Waals surface area contributed by atoms with Gasteiger partial charge in [-0.2, -0.15) is 0 Å². The second-order valence-electron chi connectivity index (χ2n) is 4.35. The monoisotopic (exact) mass is 206 g/mol. The van der Waals surface area contributed by atoms with Crippen LogP contribution in [0.3, 0.4) is 0 Å². The molecule has 1 saturated carbocycles. The smallest absolute Gasteiger partial charge is 0.271 e. The van der Waals surface area contributed by atoms with Gasteiger partial charge in [0, 0.05) is 23.4 Å². The minimum absolute atomic E-state index is 0.134. The summed E-state index contributed by atoms with van der Waals surface area (Å²) in [4.78, 5) is 10.2. The van der Waals surface area contributed by atoms with Crippen molar-refractivity contribution in [1.29, 1.82) is 0 Å². The van der Waals surface area contributed by atoms with E-state index in [0.29, 0.717) is 0 Å². The van der Waals surface area contributed by atoms with Crippen molar-refractivity contribution >= 4 is 11.4 Å². The fourth-order valence-electron chi connectivity index (χ4n) is 1.88. The summed E-state index contributed by atoms with van der Waals surface area (Å²) in [6, 6.07) is 6.68. The minimum atomic E-state index is -0.367. The van der Waals surface area contributed by atoms with Gasteiger partial charge in [-0.25, -0.2) is 0 Å². The fourth-order valence-corrected chi connectivity index (χ4v) is 1.88. The number of hydrogen-bond acceptors (Lipinski definition) is 3. The van der Waals surface area contributed by atoms with E-state index in [1.165, 1.54) is 12.5 Å². The van der Waals surface area contributed by atoms with Gasteiger partial charge in [-0.1, -0.05) is 6.07 Å². The molecular weight excluding hydrogens is 192 g/mol. The van der Waals surface area contributed by atoms with Crippen LogP contribution < -0.4 is 5.32 Å². The summed E-state index contributed by atoms with van der Waals surface area (Å²) in [5, 5.41) is 13.9. The van der Waals surface area contributed by atoms with E-state index in [-0.39, 0.29) is 16.1 Å². The Balaban J connectivity index is 2.14. The molecule has 0 saturated heterocycles. The second kappa shape index (κ2) is 3.53. The SMILES string of the molecule is CC1(Nc2cccc([N+](=O)[O-])c2)CCC1. The fraction of sp³-hybridized carbons (Fsp3) is 0.455. The average molecular weight is 206 g/mol. The van der Waals surface area contributed by atoms with Crippen LogP contribution in [0, 0.1) is 10.1 Å². The third-order valence-electron chi connectivity index (χ3n) is 2.96. The van der Waals surface area contributed by atoms with Gasteiger partial charge >= 0.3 is 0 Å². The highest BCUT2D eigenvalue weighted by Gasteiger charge is 2.31. The van der Waals surface area contributed by atoms with Gasteiger partial charge in [0.2, 0.25) is 0 Å². The Kier molecular flexibility index (Phi) is 2.34. The lowest BCUT2D eigenvalue weighted by Crippen LogP contribution is -2.41. The van der Waals surface area contributed by atoms with Crippen LogP contribution in [-0.2, 0) is 0 Å². The zero-order chi connectivity index (χ0) is 10.9. The molecule has 4 nitrogen and oxygen atoms in total. The Hall–Kier alpha value is -1.58. The molecule has 0 spiro atoms. The van der Waals surface area contributed by atoms with Crippen LogP contribution in [0.1, 0.15) is 26.2 Å². The molecule has 0 unspecified atom stereocenters. The maximum atomic E-state index is 10.6. The lowest BCUT2D eigenvalue weighted by Gasteiger charge is -2.40. The molecule has 1 fully saturated rings. The van der Waals surface area contributed by atoms with E-state index in [9.17, 15) is 10.1 Å². The molecule has 4 heteroatoms. The molecular formula is C11H14N2O2. The third kappa shape index (κ3) is 2.09. The summed E-state index contributed by atoms with van der Waals surface area (Å²) < 4.78 is 0. The van der Waals surface area contributed by atoms with Gasteiger partial charge in [0.05, 0.1) is 4.92 Å². The topological polar surface area (TPSA) is 55.2 Å². The lowest BCUT2D eigenvalue weighted by atomic mass is 9.78. The van der Waals surface area contributed by atoms with Gasteiger partial charge in [-0.05, 0) is 32.3 Å². The highest BCUT2D eigenvalue weighted by Crippen LogP contribution is 2.35. The molecule has 0 amide bonds. The van der Waals surface area contributed by atoms with E-state index < -0.39 is 0 Å². The Morgan fingerprint density at radius 1 is 1.47 bits per heavy atom. The molecule has 1 aromatic rings. The zero-order valence-electron chi connectivity index (χ0n) is 8.69. The number of nitro groups is 1. The molecule has 1 aromatic carbocycles. The van der Waals surface area contributed by atoms with Crippen molar-refractivity contribution < 1.29 is 4.92 Å². The van der Waals surface area contributed by atoms with Gasteiger partial charge in [-0.3, -0.25) is 10.1 Å². The van der Waals surface area contributed by atoms with Crippen LogP contribution in [0.5, 0.6) is 0 Å². The molecule has 15 heavy (non-hydrogen) atoms. The number of nitrogens with one attached hydrogen (secondary N) is 1. The summed E-state index contributed by atoms with van der Waals surface area (Å²) in [6.07, 6.45) is 3.50. The molecule has 1 aliphatic carbocycles. The summed E-state index contributed by atoms with van der Waals surface area (Å²) >= 11 is 0. The van der Waals surface area contributed by atoms with Gasteiger partial charge < -0.3 is 5.32 Å². The second-order valence-corrected chi connectivity index (χ2v) is 4.35. The van der Waals surface area contributed by atoms with E-state index in [1.54, 1.807) is 12.1 Å². The highest BCUT2D eigenvalue weighted by molar-refractivity contribution is 5.52. The number of benzene rings is 1. The average Bonchev–Trinajstić information content (AvgIpc) is 2.16. The van der Waals surface area contributed by atoms with Crippen LogP contribution in [-0.4, -0.2) is 10.5 Å². The van der Waals surface area contributed by atoms with E-state index in [1.807, 2.05) is 6.07 Å². The van der Waals surface area contributed by atoms with Crippen LogP contribution in [0.4, 0.5) is 11.4 Å². The van der Waals surface area contributed by atoms with Crippen molar-refractivity contribution in [3.05, 3.63) is 34.4 Å². The summed E-state index contributed by atoms with van der Waals surface area (Å²) in [7, 11) is 0. The molecule has 0 aliphatic heterocycles. The van der Waals surface area contributed by atoms with Crippen LogP contribution in [0.25, 0.3) is 0 Å². The number of nitro benzene ring substituents is 1. The van der Waals surface area contributed by atoms with Crippen LogP contribution in [0.2, 0.25) is 0 Å². The zero-order valence-corrected chi connectivity index (χ0v) is 8.69. The first-order chi connectivity index (χ1) is 7.09. The number of nitrogens with zero attached hydrogens (tertiary/aromatic N) is 1. The Bertz CT molecular complexity index is 386. The molecule has 0 radical (unpaired) electrons. The van der Waals surface area contributed by atoms with Crippen LogP contribution in [0.15, 0.2) is 24.3 Å². The normalized spacial score (nSPS) is 17.9. The number of non-ortho nitro benzene ring substituents is 1. The number of anilines is 1. The Morgan fingerprint density at radius 2 is 2.20 bits per heavy atom.